The minimum atomic E-state index is -0.500. The number of nitro groups is 1. The molecule has 5 rings (SSSR count). The highest BCUT2D eigenvalue weighted by Gasteiger charge is 2.18. The summed E-state index contributed by atoms with van der Waals surface area (Å²) in [7, 11) is 0. The monoisotopic (exact) mass is 470 g/mol. The van der Waals surface area contributed by atoms with Gasteiger partial charge >= 0.3 is 0 Å². The van der Waals surface area contributed by atoms with Crippen LogP contribution in [-0.2, 0) is 0 Å². The Morgan fingerprint density at radius 3 is 1.97 bits per heavy atom. The number of nitrogens with zero attached hydrogens (tertiary/aromatic N) is 2. The molecule has 5 aromatic rings. The van der Waals surface area contributed by atoms with Gasteiger partial charge in [-0.05, 0) is 41.5 Å². The predicted molar refractivity (Wildman–Crippen MR) is 143 cm³/mol. The van der Waals surface area contributed by atoms with E-state index in [2.05, 4.69) is 34.9 Å². The molecule has 0 aliphatic rings. The Labute approximate surface area is 208 Å². The van der Waals surface area contributed by atoms with Crippen LogP contribution >= 0.6 is 0 Å². The maximum atomic E-state index is 13.0. The molecule has 0 amide bonds. The fourth-order valence-electron chi connectivity index (χ4n) is 4.25. The van der Waals surface area contributed by atoms with Crippen molar-refractivity contribution in [1.29, 1.82) is 0 Å². The first kappa shape index (κ1) is 22.7. The van der Waals surface area contributed by atoms with Gasteiger partial charge in [0.1, 0.15) is 0 Å². The van der Waals surface area contributed by atoms with Gasteiger partial charge in [0.2, 0.25) is 0 Å². The van der Waals surface area contributed by atoms with Crippen molar-refractivity contribution in [2.24, 2.45) is 0 Å². The van der Waals surface area contributed by atoms with Crippen molar-refractivity contribution in [3.05, 3.63) is 149 Å². The van der Waals surface area contributed by atoms with Crippen LogP contribution in [0.1, 0.15) is 15.9 Å². The molecule has 1 aromatic heterocycles. The van der Waals surface area contributed by atoms with E-state index >= 15 is 0 Å². The van der Waals surface area contributed by atoms with E-state index in [0.29, 0.717) is 0 Å². The molecule has 0 unspecified atom stereocenters. The minimum absolute atomic E-state index is 0.110. The SMILES string of the molecule is O=C(/C=C/c1cc(-c2ccccc2)n(-c2ccccc2)c1-c1ccccc1)c1cccc([N+](=O)[O-])c1. The third-order valence-corrected chi connectivity index (χ3v) is 5.92. The summed E-state index contributed by atoms with van der Waals surface area (Å²) >= 11 is 0. The Hall–Kier alpha value is -5.03. The molecule has 0 spiro atoms. The highest BCUT2D eigenvalue weighted by molar-refractivity contribution is 6.07. The topological polar surface area (TPSA) is 65.1 Å². The van der Waals surface area contributed by atoms with Gasteiger partial charge in [0.15, 0.2) is 5.78 Å². The lowest BCUT2D eigenvalue weighted by molar-refractivity contribution is -0.384. The molecule has 0 aliphatic heterocycles. The molecule has 0 N–H and O–H groups in total. The van der Waals surface area contributed by atoms with Gasteiger partial charge in [0.05, 0.1) is 16.3 Å². The van der Waals surface area contributed by atoms with E-state index < -0.39 is 4.92 Å². The zero-order chi connectivity index (χ0) is 24.9. The second-order valence-electron chi connectivity index (χ2n) is 8.24. The van der Waals surface area contributed by atoms with Crippen LogP contribution < -0.4 is 0 Å². The normalized spacial score (nSPS) is 11.0. The van der Waals surface area contributed by atoms with E-state index in [9.17, 15) is 14.9 Å². The first-order valence-corrected chi connectivity index (χ1v) is 11.5. The smallest absolute Gasteiger partial charge is 0.270 e. The first-order valence-electron chi connectivity index (χ1n) is 11.5. The van der Waals surface area contributed by atoms with Crippen LogP contribution in [0.25, 0.3) is 34.3 Å². The zero-order valence-corrected chi connectivity index (χ0v) is 19.3. The maximum absolute atomic E-state index is 13.0. The lowest BCUT2D eigenvalue weighted by atomic mass is 10.0. The van der Waals surface area contributed by atoms with Crippen molar-refractivity contribution in [3.8, 4) is 28.2 Å². The number of carbonyl (C=O) groups is 1. The molecule has 0 saturated carbocycles. The van der Waals surface area contributed by atoms with Gasteiger partial charge < -0.3 is 4.57 Å². The summed E-state index contributed by atoms with van der Waals surface area (Å²) in [6.07, 6.45) is 3.26. The van der Waals surface area contributed by atoms with Crippen LogP contribution in [0.4, 0.5) is 5.69 Å². The molecular weight excluding hydrogens is 448 g/mol. The Morgan fingerprint density at radius 2 is 1.33 bits per heavy atom. The van der Waals surface area contributed by atoms with Crippen molar-refractivity contribution in [2.75, 3.05) is 0 Å². The van der Waals surface area contributed by atoms with E-state index in [0.717, 1.165) is 33.8 Å². The zero-order valence-electron chi connectivity index (χ0n) is 19.3. The summed E-state index contributed by atoms with van der Waals surface area (Å²) in [5.74, 6) is -0.300. The number of benzene rings is 4. The number of hydrogen-bond acceptors (Lipinski definition) is 3. The molecule has 0 atom stereocenters. The van der Waals surface area contributed by atoms with Gasteiger partial charge in [-0.2, -0.15) is 0 Å². The average molecular weight is 471 g/mol. The molecule has 36 heavy (non-hydrogen) atoms. The molecule has 0 bridgehead atoms. The van der Waals surface area contributed by atoms with E-state index in [1.165, 1.54) is 24.3 Å². The molecule has 0 saturated heterocycles. The number of rotatable bonds is 7. The summed E-state index contributed by atoms with van der Waals surface area (Å²) in [5, 5.41) is 11.1. The maximum Gasteiger partial charge on any atom is 0.270 e. The van der Waals surface area contributed by atoms with Crippen LogP contribution in [0.5, 0.6) is 0 Å². The van der Waals surface area contributed by atoms with Crippen molar-refractivity contribution in [1.82, 2.24) is 4.57 Å². The standard InChI is InChI=1S/C31H22N2O3/c34-30(25-15-10-18-28(21-25)33(35)36)20-19-26-22-29(23-11-4-1-5-12-23)32(27-16-8-3-9-17-27)31(26)24-13-6-2-7-14-24/h1-22H/b20-19+. The van der Waals surface area contributed by atoms with Crippen LogP contribution in [0.15, 0.2) is 127 Å². The highest BCUT2D eigenvalue weighted by atomic mass is 16.6. The summed E-state index contributed by atoms with van der Waals surface area (Å²) in [6.45, 7) is 0. The Balaban J connectivity index is 1.68. The molecule has 0 radical (unpaired) electrons. The predicted octanol–water partition coefficient (Wildman–Crippen LogP) is 7.62. The van der Waals surface area contributed by atoms with E-state index in [1.54, 1.807) is 12.1 Å². The van der Waals surface area contributed by atoms with Gasteiger partial charge in [0.25, 0.3) is 5.69 Å². The van der Waals surface area contributed by atoms with Crippen molar-refractivity contribution >= 4 is 17.5 Å². The van der Waals surface area contributed by atoms with Crippen molar-refractivity contribution in [3.63, 3.8) is 0 Å². The fourth-order valence-corrected chi connectivity index (χ4v) is 4.25. The van der Waals surface area contributed by atoms with Gasteiger partial charge in [0, 0.05) is 28.9 Å². The molecule has 5 heteroatoms. The van der Waals surface area contributed by atoms with E-state index in [1.807, 2.05) is 66.7 Å². The van der Waals surface area contributed by atoms with Gasteiger partial charge in [-0.15, -0.1) is 0 Å². The number of allylic oxidation sites excluding steroid dienone is 1. The van der Waals surface area contributed by atoms with Crippen LogP contribution in [-0.4, -0.2) is 15.3 Å². The second kappa shape index (κ2) is 10.1. The van der Waals surface area contributed by atoms with Crippen molar-refractivity contribution in [2.45, 2.75) is 0 Å². The largest absolute Gasteiger partial charge is 0.309 e. The number of para-hydroxylation sites is 1. The van der Waals surface area contributed by atoms with Crippen molar-refractivity contribution < 1.29 is 9.72 Å². The molecule has 0 fully saturated rings. The van der Waals surface area contributed by atoms with E-state index in [-0.39, 0.29) is 17.0 Å². The molecule has 4 aromatic carbocycles. The van der Waals surface area contributed by atoms with Crippen LogP contribution in [0.3, 0.4) is 0 Å². The van der Waals surface area contributed by atoms with Gasteiger partial charge in [-0.3, -0.25) is 14.9 Å². The fraction of sp³-hybridized carbons (Fsp3) is 0. The summed E-state index contributed by atoms with van der Waals surface area (Å²) in [6, 6.07) is 38.1. The Kier molecular flexibility index (Phi) is 6.36. The molecular formula is C31H22N2O3. The summed E-state index contributed by atoms with van der Waals surface area (Å²) in [5.41, 5.74) is 6.01. The summed E-state index contributed by atoms with van der Waals surface area (Å²) in [4.78, 5) is 23.6. The number of aromatic nitrogens is 1. The average Bonchev–Trinajstić information content (AvgIpc) is 3.33. The molecule has 1 heterocycles. The Morgan fingerprint density at radius 1 is 0.722 bits per heavy atom. The second-order valence-corrected chi connectivity index (χ2v) is 8.24. The third kappa shape index (κ3) is 4.63. The van der Waals surface area contributed by atoms with Gasteiger partial charge in [-0.1, -0.05) is 91.0 Å². The van der Waals surface area contributed by atoms with Crippen LogP contribution in [0, 0.1) is 10.1 Å². The quantitative estimate of drug-likeness (QED) is 0.106. The number of non-ortho nitro benzene ring substituents is 1. The summed E-state index contributed by atoms with van der Waals surface area (Å²) < 4.78 is 2.20. The third-order valence-electron chi connectivity index (χ3n) is 5.92. The van der Waals surface area contributed by atoms with Crippen LogP contribution in [0.2, 0.25) is 0 Å². The lowest BCUT2D eigenvalue weighted by Crippen LogP contribution is -2.00. The molecule has 0 aliphatic carbocycles. The Bertz CT molecular complexity index is 1550. The number of hydrogen-bond donors (Lipinski definition) is 0. The lowest BCUT2D eigenvalue weighted by Gasteiger charge is -2.15. The highest BCUT2D eigenvalue weighted by Crippen LogP contribution is 2.36. The minimum Gasteiger partial charge on any atom is -0.309 e. The molecule has 5 nitrogen and oxygen atoms in total. The van der Waals surface area contributed by atoms with Gasteiger partial charge in [-0.25, -0.2) is 0 Å². The first-order chi connectivity index (χ1) is 17.6. The molecule has 174 valence electrons. The number of carbonyl (C=O) groups excluding carboxylic acids is 1. The number of ketones is 1. The van der Waals surface area contributed by atoms with E-state index in [4.69, 9.17) is 0 Å². The number of nitro benzene ring substituents is 1.